The Kier molecular flexibility index (Phi) is 5.23. The molecule has 2 aliphatic rings. The Morgan fingerprint density at radius 1 is 1.15 bits per heavy atom. The summed E-state index contributed by atoms with van der Waals surface area (Å²) in [4.78, 5) is 32.8. The average Bonchev–Trinajstić information content (AvgIpc) is 2.97. The van der Waals surface area contributed by atoms with Crippen molar-refractivity contribution >= 4 is 11.9 Å². The Morgan fingerprint density at radius 2 is 1.85 bits per heavy atom. The van der Waals surface area contributed by atoms with Gasteiger partial charge in [-0.2, -0.15) is 0 Å². The Balaban J connectivity index is 1.78. The van der Waals surface area contributed by atoms with Crippen LogP contribution in [0.4, 0.5) is 4.79 Å². The molecule has 1 saturated heterocycles. The van der Waals surface area contributed by atoms with Crippen LogP contribution in [0.25, 0.3) is 0 Å². The third-order valence-electron chi connectivity index (χ3n) is 4.07. The number of nitrogens with zero attached hydrogens (tertiary/aromatic N) is 2. The number of carbonyl (C=O) groups excluding carboxylic acids is 2. The van der Waals surface area contributed by atoms with Crippen molar-refractivity contribution in [2.45, 2.75) is 44.6 Å². The van der Waals surface area contributed by atoms with Gasteiger partial charge in [-0.15, -0.1) is 0 Å². The summed E-state index contributed by atoms with van der Waals surface area (Å²) < 4.78 is 0. The van der Waals surface area contributed by atoms with Gasteiger partial charge in [0.25, 0.3) is 0 Å². The predicted octanol–water partition coefficient (Wildman–Crippen LogP) is 1.37. The number of likely N-dealkylation sites (tertiary alicyclic amines) is 1. The van der Waals surface area contributed by atoms with Crippen LogP contribution in [0.15, 0.2) is 0 Å². The summed E-state index contributed by atoms with van der Waals surface area (Å²) in [6, 6.07) is -0.0285. The van der Waals surface area contributed by atoms with Crippen LogP contribution < -0.4 is 5.48 Å². The minimum absolute atomic E-state index is 0.0285. The number of hydrogen-bond donors (Lipinski definition) is 1. The van der Waals surface area contributed by atoms with E-state index in [4.69, 9.17) is 4.84 Å². The van der Waals surface area contributed by atoms with Gasteiger partial charge in [0.05, 0.1) is 12.0 Å². The minimum Gasteiger partial charge on any atom is -0.331 e. The van der Waals surface area contributed by atoms with E-state index < -0.39 is 0 Å². The van der Waals surface area contributed by atoms with Crippen LogP contribution in [0, 0.1) is 5.92 Å². The van der Waals surface area contributed by atoms with Gasteiger partial charge in [-0.05, 0) is 25.7 Å². The van der Waals surface area contributed by atoms with Crippen molar-refractivity contribution in [3.63, 3.8) is 0 Å². The van der Waals surface area contributed by atoms with Crippen LogP contribution >= 0.6 is 0 Å². The van der Waals surface area contributed by atoms with Crippen LogP contribution in [0.5, 0.6) is 0 Å². The van der Waals surface area contributed by atoms with Crippen LogP contribution in [-0.2, 0) is 9.63 Å². The summed E-state index contributed by atoms with van der Waals surface area (Å²) in [5.41, 5.74) is 2.59. The third-order valence-corrected chi connectivity index (χ3v) is 4.07. The molecule has 1 atom stereocenters. The lowest BCUT2D eigenvalue weighted by atomic mass is 9.98. The van der Waals surface area contributed by atoms with E-state index in [0.29, 0.717) is 6.54 Å². The second-order valence-corrected chi connectivity index (χ2v) is 5.95. The number of urea groups is 1. The lowest BCUT2D eigenvalue weighted by molar-refractivity contribution is -0.143. The molecular weight excluding hydrogens is 258 g/mol. The van der Waals surface area contributed by atoms with Crippen LogP contribution in [-0.4, -0.2) is 55.0 Å². The van der Waals surface area contributed by atoms with Crippen molar-refractivity contribution in [1.29, 1.82) is 0 Å². The van der Waals surface area contributed by atoms with Crippen LogP contribution in [0.1, 0.15) is 38.5 Å². The number of hydrogen-bond acceptors (Lipinski definition) is 3. The summed E-state index contributed by atoms with van der Waals surface area (Å²) in [5, 5.41) is 0. The number of hydroxylamine groups is 1. The van der Waals surface area contributed by atoms with E-state index in [1.54, 1.807) is 23.9 Å². The summed E-state index contributed by atoms with van der Waals surface area (Å²) in [6.07, 6.45) is 6.25. The molecule has 2 rings (SSSR count). The second-order valence-electron chi connectivity index (χ2n) is 5.95. The number of amides is 3. The highest BCUT2D eigenvalue weighted by molar-refractivity contribution is 5.80. The highest BCUT2D eigenvalue weighted by atomic mass is 16.7. The molecule has 6 nitrogen and oxygen atoms in total. The molecule has 1 N–H and O–H groups in total. The van der Waals surface area contributed by atoms with Gasteiger partial charge in [-0.25, -0.2) is 10.3 Å². The van der Waals surface area contributed by atoms with Gasteiger partial charge in [0.15, 0.2) is 0 Å². The SMILES string of the molecule is CN(C)C(=O)N1CCCC(C(=O)NOC2CCCC2)C1. The molecule has 0 spiro atoms. The maximum atomic E-state index is 12.1. The molecular formula is C14H25N3O3. The quantitative estimate of drug-likeness (QED) is 0.796. The molecule has 1 aliphatic carbocycles. The summed E-state index contributed by atoms with van der Waals surface area (Å²) in [7, 11) is 3.46. The van der Waals surface area contributed by atoms with Crippen molar-refractivity contribution in [1.82, 2.24) is 15.3 Å². The van der Waals surface area contributed by atoms with Crippen LogP contribution in [0.2, 0.25) is 0 Å². The highest BCUT2D eigenvalue weighted by Crippen LogP contribution is 2.21. The fourth-order valence-corrected chi connectivity index (χ4v) is 2.88. The third kappa shape index (κ3) is 3.85. The number of nitrogens with one attached hydrogen (secondary N) is 1. The standard InChI is InChI=1S/C14H25N3O3/c1-16(2)14(19)17-9-5-6-11(10-17)13(18)15-20-12-7-3-4-8-12/h11-12H,3-10H2,1-2H3,(H,15,18). The highest BCUT2D eigenvalue weighted by Gasteiger charge is 2.29. The Hall–Kier alpha value is -1.30. The molecule has 0 bridgehead atoms. The van der Waals surface area contributed by atoms with Crippen molar-refractivity contribution in [3.05, 3.63) is 0 Å². The molecule has 0 aromatic rings. The van der Waals surface area contributed by atoms with Gasteiger partial charge in [-0.1, -0.05) is 12.8 Å². The van der Waals surface area contributed by atoms with E-state index in [9.17, 15) is 9.59 Å². The Bertz CT molecular complexity index is 354. The fourth-order valence-electron chi connectivity index (χ4n) is 2.88. The molecule has 3 amide bonds. The van der Waals surface area contributed by atoms with Gasteiger partial charge < -0.3 is 9.80 Å². The molecule has 1 unspecified atom stereocenters. The van der Waals surface area contributed by atoms with E-state index >= 15 is 0 Å². The minimum atomic E-state index is -0.158. The maximum Gasteiger partial charge on any atom is 0.319 e. The van der Waals surface area contributed by atoms with Crippen molar-refractivity contribution in [2.75, 3.05) is 27.2 Å². The monoisotopic (exact) mass is 283 g/mol. The lowest BCUT2D eigenvalue weighted by Gasteiger charge is -2.33. The summed E-state index contributed by atoms with van der Waals surface area (Å²) >= 11 is 0. The van der Waals surface area contributed by atoms with Gasteiger partial charge in [-0.3, -0.25) is 9.63 Å². The zero-order chi connectivity index (χ0) is 14.5. The topological polar surface area (TPSA) is 61.9 Å². The molecule has 0 aromatic heterocycles. The van der Waals surface area contributed by atoms with E-state index in [1.807, 2.05) is 0 Å². The van der Waals surface area contributed by atoms with Gasteiger partial charge in [0.1, 0.15) is 0 Å². The van der Waals surface area contributed by atoms with Crippen LogP contribution in [0.3, 0.4) is 0 Å². The van der Waals surface area contributed by atoms with E-state index in [0.717, 1.165) is 32.2 Å². The first kappa shape index (κ1) is 15.1. The first-order valence-electron chi connectivity index (χ1n) is 7.49. The summed E-state index contributed by atoms with van der Waals surface area (Å²) in [6.45, 7) is 1.21. The van der Waals surface area contributed by atoms with Gasteiger partial charge >= 0.3 is 6.03 Å². The van der Waals surface area contributed by atoms with E-state index in [1.165, 1.54) is 12.8 Å². The average molecular weight is 283 g/mol. The number of rotatable bonds is 3. The number of piperidine rings is 1. The molecule has 6 heteroatoms. The Morgan fingerprint density at radius 3 is 2.50 bits per heavy atom. The Labute approximate surface area is 120 Å². The zero-order valence-corrected chi connectivity index (χ0v) is 12.4. The zero-order valence-electron chi connectivity index (χ0n) is 12.4. The molecule has 1 aliphatic heterocycles. The predicted molar refractivity (Wildman–Crippen MR) is 74.9 cm³/mol. The molecule has 114 valence electrons. The fraction of sp³-hybridized carbons (Fsp3) is 0.857. The molecule has 0 aromatic carbocycles. The number of carbonyl (C=O) groups is 2. The first-order chi connectivity index (χ1) is 9.58. The molecule has 1 saturated carbocycles. The van der Waals surface area contributed by atoms with Gasteiger partial charge in [0.2, 0.25) is 5.91 Å². The lowest BCUT2D eigenvalue weighted by Crippen LogP contribution is -2.48. The van der Waals surface area contributed by atoms with Crippen molar-refractivity contribution in [2.24, 2.45) is 5.92 Å². The summed E-state index contributed by atoms with van der Waals surface area (Å²) in [5.74, 6) is -0.248. The maximum absolute atomic E-state index is 12.1. The molecule has 20 heavy (non-hydrogen) atoms. The molecule has 0 radical (unpaired) electrons. The largest absolute Gasteiger partial charge is 0.331 e. The first-order valence-corrected chi connectivity index (χ1v) is 7.49. The molecule has 2 fully saturated rings. The van der Waals surface area contributed by atoms with E-state index in [2.05, 4.69) is 5.48 Å². The van der Waals surface area contributed by atoms with E-state index in [-0.39, 0.29) is 24.0 Å². The second kappa shape index (κ2) is 6.92. The van der Waals surface area contributed by atoms with Crippen molar-refractivity contribution < 1.29 is 14.4 Å². The van der Waals surface area contributed by atoms with Gasteiger partial charge in [0, 0.05) is 27.2 Å². The van der Waals surface area contributed by atoms with Crippen molar-refractivity contribution in [3.8, 4) is 0 Å². The molecule has 1 heterocycles. The smallest absolute Gasteiger partial charge is 0.319 e. The normalized spacial score (nSPS) is 23.7.